The highest BCUT2D eigenvalue weighted by molar-refractivity contribution is 9.08. The zero-order valence-electron chi connectivity index (χ0n) is 8.32. The van der Waals surface area contributed by atoms with Gasteiger partial charge in [-0.2, -0.15) is 11.8 Å². The van der Waals surface area contributed by atoms with Crippen LogP contribution in [-0.4, -0.2) is 21.1 Å². The van der Waals surface area contributed by atoms with Crippen LogP contribution in [-0.2, 0) is 5.33 Å². The summed E-state index contributed by atoms with van der Waals surface area (Å²) in [6.45, 7) is 0. The standard InChI is InChI=1S/C10H15BrN2S/c1-14-10-4-2-3-9(10)13-6-8(5-11)12-7-13/h6-7,9-10H,2-5H2,1H3. The van der Waals surface area contributed by atoms with Crippen LogP contribution in [0.15, 0.2) is 12.5 Å². The lowest BCUT2D eigenvalue weighted by molar-refractivity contribution is 0.528. The van der Waals surface area contributed by atoms with E-state index in [1.807, 2.05) is 18.1 Å². The van der Waals surface area contributed by atoms with E-state index in [0.29, 0.717) is 6.04 Å². The zero-order chi connectivity index (χ0) is 9.97. The molecule has 0 spiro atoms. The molecule has 0 amide bonds. The highest BCUT2D eigenvalue weighted by Crippen LogP contribution is 2.37. The van der Waals surface area contributed by atoms with E-state index < -0.39 is 0 Å². The van der Waals surface area contributed by atoms with Crippen molar-refractivity contribution < 1.29 is 0 Å². The van der Waals surface area contributed by atoms with Gasteiger partial charge in [0.25, 0.3) is 0 Å². The Hall–Kier alpha value is 0.0400. The van der Waals surface area contributed by atoms with E-state index in [2.05, 4.69) is 37.9 Å². The van der Waals surface area contributed by atoms with Crippen LogP contribution in [0, 0.1) is 0 Å². The van der Waals surface area contributed by atoms with Crippen molar-refractivity contribution >= 4 is 27.7 Å². The number of imidazole rings is 1. The molecule has 2 unspecified atom stereocenters. The number of hydrogen-bond acceptors (Lipinski definition) is 2. The van der Waals surface area contributed by atoms with E-state index in [1.54, 1.807) is 0 Å². The van der Waals surface area contributed by atoms with E-state index in [4.69, 9.17) is 0 Å². The van der Waals surface area contributed by atoms with E-state index >= 15 is 0 Å². The monoisotopic (exact) mass is 274 g/mol. The highest BCUT2D eigenvalue weighted by atomic mass is 79.9. The maximum Gasteiger partial charge on any atom is 0.0952 e. The Kier molecular flexibility index (Phi) is 3.55. The highest BCUT2D eigenvalue weighted by Gasteiger charge is 2.27. The third-order valence-electron chi connectivity index (χ3n) is 2.90. The minimum absolute atomic E-state index is 0.672. The van der Waals surface area contributed by atoms with Gasteiger partial charge in [0.1, 0.15) is 0 Å². The molecule has 2 nitrogen and oxygen atoms in total. The Morgan fingerprint density at radius 2 is 2.50 bits per heavy atom. The zero-order valence-corrected chi connectivity index (χ0v) is 10.7. The van der Waals surface area contributed by atoms with E-state index in [9.17, 15) is 0 Å². The molecule has 1 aliphatic rings. The first kappa shape index (κ1) is 10.6. The van der Waals surface area contributed by atoms with Crippen LogP contribution >= 0.6 is 27.7 Å². The number of nitrogens with zero attached hydrogens (tertiary/aromatic N) is 2. The summed E-state index contributed by atoms with van der Waals surface area (Å²) < 4.78 is 2.30. The molecule has 1 aliphatic carbocycles. The smallest absolute Gasteiger partial charge is 0.0952 e. The molecule has 1 saturated carbocycles. The Morgan fingerprint density at radius 3 is 3.14 bits per heavy atom. The summed E-state index contributed by atoms with van der Waals surface area (Å²) >= 11 is 5.42. The molecule has 0 aliphatic heterocycles. The predicted octanol–water partition coefficient (Wildman–Crippen LogP) is 3.23. The normalized spacial score (nSPS) is 27.0. The van der Waals surface area contributed by atoms with Gasteiger partial charge in [0, 0.05) is 22.8 Å². The van der Waals surface area contributed by atoms with E-state index in [-0.39, 0.29) is 0 Å². The lowest BCUT2D eigenvalue weighted by atomic mass is 10.2. The molecule has 2 rings (SSSR count). The second kappa shape index (κ2) is 4.71. The first-order valence-corrected chi connectivity index (χ1v) is 7.37. The average molecular weight is 275 g/mol. The summed E-state index contributed by atoms with van der Waals surface area (Å²) in [5.41, 5.74) is 1.14. The molecule has 2 atom stereocenters. The van der Waals surface area contributed by atoms with Crippen molar-refractivity contribution in [1.82, 2.24) is 9.55 Å². The molecule has 4 heteroatoms. The number of aromatic nitrogens is 2. The Bertz CT molecular complexity index is 300. The van der Waals surface area contributed by atoms with Gasteiger partial charge >= 0.3 is 0 Å². The molecule has 1 aromatic heterocycles. The Labute approximate surface area is 97.6 Å². The third-order valence-corrected chi connectivity index (χ3v) is 4.63. The number of thioether (sulfide) groups is 1. The van der Waals surface area contributed by atoms with Crippen LogP contribution in [0.25, 0.3) is 0 Å². The number of alkyl halides is 1. The maximum atomic E-state index is 4.35. The van der Waals surface area contributed by atoms with Crippen LogP contribution in [0.2, 0.25) is 0 Å². The quantitative estimate of drug-likeness (QED) is 0.788. The van der Waals surface area contributed by atoms with Crippen LogP contribution in [0.3, 0.4) is 0 Å². The maximum absolute atomic E-state index is 4.35. The van der Waals surface area contributed by atoms with Gasteiger partial charge in [-0.1, -0.05) is 22.4 Å². The van der Waals surface area contributed by atoms with Gasteiger partial charge in [-0.3, -0.25) is 0 Å². The second-order valence-corrected chi connectivity index (χ2v) is 5.36. The molecular weight excluding hydrogens is 260 g/mol. The van der Waals surface area contributed by atoms with Gasteiger partial charge in [0.15, 0.2) is 0 Å². The summed E-state index contributed by atoms with van der Waals surface area (Å²) in [4.78, 5) is 4.35. The molecule has 0 aromatic carbocycles. The minimum Gasteiger partial charge on any atom is -0.333 e. The van der Waals surface area contributed by atoms with E-state index in [0.717, 1.165) is 16.3 Å². The summed E-state index contributed by atoms with van der Waals surface area (Å²) in [7, 11) is 0. The van der Waals surface area contributed by atoms with Crippen molar-refractivity contribution in [3.63, 3.8) is 0 Å². The molecule has 0 bridgehead atoms. The van der Waals surface area contributed by atoms with Gasteiger partial charge in [-0.15, -0.1) is 0 Å². The summed E-state index contributed by atoms with van der Waals surface area (Å²) in [5, 5.41) is 1.64. The van der Waals surface area contributed by atoms with Crippen molar-refractivity contribution in [2.24, 2.45) is 0 Å². The molecular formula is C10H15BrN2S. The van der Waals surface area contributed by atoms with Crippen molar-refractivity contribution in [3.8, 4) is 0 Å². The van der Waals surface area contributed by atoms with Gasteiger partial charge in [-0.25, -0.2) is 4.98 Å². The fourth-order valence-corrected chi connectivity index (χ4v) is 3.44. The minimum atomic E-state index is 0.672. The molecule has 1 fully saturated rings. The molecule has 1 aromatic rings. The first-order valence-electron chi connectivity index (χ1n) is 4.96. The topological polar surface area (TPSA) is 17.8 Å². The van der Waals surface area contributed by atoms with Gasteiger partial charge in [-0.05, 0) is 19.1 Å². The van der Waals surface area contributed by atoms with Gasteiger partial charge in [0.05, 0.1) is 12.0 Å². The molecule has 0 saturated heterocycles. The lowest BCUT2D eigenvalue weighted by Crippen LogP contribution is -2.13. The average Bonchev–Trinajstić information content (AvgIpc) is 2.85. The van der Waals surface area contributed by atoms with Crippen LogP contribution in [0.5, 0.6) is 0 Å². The Morgan fingerprint density at radius 1 is 1.64 bits per heavy atom. The predicted molar refractivity (Wildman–Crippen MR) is 65.0 cm³/mol. The van der Waals surface area contributed by atoms with Crippen LogP contribution < -0.4 is 0 Å². The molecule has 78 valence electrons. The molecule has 14 heavy (non-hydrogen) atoms. The van der Waals surface area contributed by atoms with Crippen molar-refractivity contribution in [3.05, 3.63) is 18.2 Å². The number of halogens is 1. The van der Waals surface area contributed by atoms with Crippen molar-refractivity contribution in [1.29, 1.82) is 0 Å². The lowest BCUT2D eigenvalue weighted by Gasteiger charge is -2.18. The summed E-state index contributed by atoms with van der Waals surface area (Å²) in [6.07, 6.45) is 10.4. The fraction of sp³-hybridized carbons (Fsp3) is 0.700. The third kappa shape index (κ3) is 2.01. The van der Waals surface area contributed by atoms with Crippen LogP contribution in [0.1, 0.15) is 31.0 Å². The summed E-state index contributed by atoms with van der Waals surface area (Å²) in [6, 6.07) is 0.672. The van der Waals surface area contributed by atoms with Gasteiger partial charge in [0.2, 0.25) is 0 Å². The van der Waals surface area contributed by atoms with Crippen molar-refractivity contribution in [2.45, 2.75) is 35.9 Å². The van der Waals surface area contributed by atoms with Crippen LogP contribution in [0.4, 0.5) is 0 Å². The second-order valence-electron chi connectivity index (χ2n) is 3.72. The molecule has 0 N–H and O–H groups in total. The number of rotatable bonds is 3. The SMILES string of the molecule is CSC1CCCC1n1cnc(CBr)c1. The molecule has 0 radical (unpaired) electrons. The van der Waals surface area contributed by atoms with Gasteiger partial charge < -0.3 is 4.57 Å². The Balaban J connectivity index is 2.13. The molecule has 1 heterocycles. The first-order chi connectivity index (χ1) is 6.85. The summed E-state index contributed by atoms with van der Waals surface area (Å²) in [5.74, 6) is 0. The number of hydrogen-bond donors (Lipinski definition) is 0. The van der Waals surface area contributed by atoms with Crippen molar-refractivity contribution in [2.75, 3.05) is 6.26 Å². The van der Waals surface area contributed by atoms with E-state index in [1.165, 1.54) is 19.3 Å². The largest absolute Gasteiger partial charge is 0.333 e. The fourth-order valence-electron chi connectivity index (χ4n) is 2.15.